The fraction of sp³-hybridized carbons (Fsp3) is 1.00. The van der Waals surface area contributed by atoms with Gasteiger partial charge in [-0.3, -0.25) is 0 Å². The van der Waals surface area contributed by atoms with Gasteiger partial charge in [0.05, 0.1) is 0 Å². The van der Waals surface area contributed by atoms with Gasteiger partial charge in [0.25, 0.3) is 0 Å². The van der Waals surface area contributed by atoms with E-state index in [-0.39, 0.29) is 16.5 Å². The van der Waals surface area contributed by atoms with Crippen LogP contribution in [0, 0.1) is 11.8 Å². The molecule has 0 spiro atoms. The monoisotopic (exact) mass is 292 g/mol. The standard InChI is InChI=1S/C10H21.HI.Mg/c1-5-10(4)8-6-7-9(2)3;;/h9-10H,2,5-8H2,1,3-4H3;1H;/q;;+1/p-1. The van der Waals surface area contributed by atoms with Crippen LogP contribution in [0.5, 0.6) is 0 Å². The van der Waals surface area contributed by atoms with Gasteiger partial charge in [-0.25, -0.2) is 0 Å². The third-order valence-electron chi connectivity index (χ3n) is 2.69. The molecule has 0 aromatic heterocycles. The van der Waals surface area contributed by atoms with E-state index in [1.54, 1.807) is 4.55 Å². The molecule has 2 heteroatoms. The fourth-order valence-electron chi connectivity index (χ4n) is 1.35. The summed E-state index contributed by atoms with van der Waals surface area (Å²) < 4.78 is 1.54. The minimum atomic E-state index is 0.284. The van der Waals surface area contributed by atoms with Crippen LogP contribution in [-0.4, -0.2) is 16.5 Å². The first-order valence-electron chi connectivity index (χ1n) is 5.26. The topological polar surface area (TPSA) is 0 Å². The summed E-state index contributed by atoms with van der Waals surface area (Å²) in [4.78, 5) is 0. The van der Waals surface area contributed by atoms with Crippen molar-refractivity contribution in [3.63, 3.8) is 0 Å². The maximum Gasteiger partial charge on any atom is 0.464 e. The van der Waals surface area contributed by atoms with Gasteiger partial charge in [-0.1, -0.05) is 52.4 Å². The van der Waals surface area contributed by atoms with Crippen LogP contribution in [0.3, 0.4) is 0 Å². The lowest BCUT2D eigenvalue weighted by molar-refractivity contribution is 0.449. The Morgan fingerprint density at radius 1 is 1.17 bits per heavy atom. The average Bonchev–Trinajstić information content (AvgIpc) is 2.04. The molecule has 0 rings (SSSR count). The van der Waals surface area contributed by atoms with E-state index in [0.29, 0.717) is 0 Å². The second-order valence-electron chi connectivity index (χ2n) is 4.03. The van der Waals surface area contributed by atoms with Crippen molar-refractivity contribution in [2.45, 2.75) is 51.0 Å². The summed E-state index contributed by atoms with van der Waals surface area (Å²) in [6, 6.07) is 0. The van der Waals surface area contributed by atoms with Crippen molar-refractivity contribution in [2.24, 2.45) is 11.8 Å². The highest BCUT2D eigenvalue weighted by molar-refractivity contribution is 14.1. The van der Waals surface area contributed by atoms with Crippen molar-refractivity contribution < 1.29 is 0 Å². The SMILES string of the molecule is CCC(C)CCCC(C)[CH2][Mg][I]. The van der Waals surface area contributed by atoms with Gasteiger partial charge >= 0.3 is 16.5 Å². The van der Waals surface area contributed by atoms with Crippen LogP contribution in [-0.2, 0) is 0 Å². The van der Waals surface area contributed by atoms with Crippen LogP contribution < -0.4 is 0 Å². The molecule has 0 aliphatic heterocycles. The average molecular weight is 292 g/mol. The highest BCUT2D eigenvalue weighted by atomic mass is 127. The Labute approximate surface area is 97.4 Å². The molecule has 0 aliphatic carbocycles. The first kappa shape index (κ1) is 13.5. The smallest absolute Gasteiger partial charge is 0.301 e. The summed E-state index contributed by atoms with van der Waals surface area (Å²) in [5.74, 6) is 1.96. The molecule has 0 fully saturated rings. The van der Waals surface area contributed by atoms with Crippen molar-refractivity contribution in [1.82, 2.24) is 0 Å². The highest BCUT2D eigenvalue weighted by Crippen LogP contribution is 2.17. The van der Waals surface area contributed by atoms with Crippen LogP contribution in [0.25, 0.3) is 0 Å². The zero-order chi connectivity index (χ0) is 9.40. The van der Waals surface area contributed by atoms with Crippen LogP contribution >= 0.6 is 18.9 Å². The molecule has 0 aromatic carbocycles. The fourth-order valence-corrected chi connectivity index (χ4v) is 5.20. The maximum absolute atomic E-state index is 2.61. The molecule has 2 atom stereocenters. The van der Waals surface area contributed by atoms with Gasteiger partial charge in [-0.05, 0) is 5.92 Å². The number of hydrogen-bond donors (Lipinski definition) is 0. The minimum absolute atomic E-state index is 0.284. The summed E-state index contributed by atoms with van der Waals surface area (Å²) >= 11 is 2.90. The van der Waals surface area contributed by atoms with Crippen LogP contribution in [0.4, 0.5) is 0 Å². The van der Waals surface area contributed by atoms with Gasteiger partial charge < -0.3 is 18.9 Å². The third-order valence-corrected chi connectivity index (χ3v) is 5.76. The Morgan fingerprint density at radius 2 is 1.75 bits per heavy atom. The van der Waals surface area contributed by atoms with Gasteiger partial charge in [0.15, 0.2) is 0 Å². The molecule has 0 nitrogen and oxygen atoms in total. The molecule has 70 valence electrons. The molecule has 0 bridgehead atoms. The minimum Gasteiger partial charge on any atom is -0.301 e. The molecule has 0 saturated carbocycles. The first-order chi connectivity index (χ1) is 5.70. The van der Waals surface area contributed by atoms with E-state index < -0.39 is 0 Å². The predicted molar refractivity (Wildman–Crippen MR) is 67.1 cm³/mol. The van der Waals surface area contributed by atoms with Gasteiger partial charge in [-0.15, -0.1) is 4.55 Å². The lowest BCUT2D eigenvalue weighted by atomic mass is 9.98. The zero-order valence-corrected chi connectivity index (χ0v) is 12.3. The molecule has 2 unspecified atom stereocenters. The number of hydrogen-bond acceptors (Lipinski definition) is 0. The summed E-state index contributed by atoms with van der Waals surface area (Å²) in [6.07, 6.45) is 5.74. The molecule has 0 heterocycles. The molecule has 0 saturated heterocycles. The van der Waals surface area contributed by atoms with E-state index in [1.807, 2.05) is 0 Å². The lowest BCUT2D eigenvalue weighted by Crippen LogP contribution is -1.98. The van der Waals surface area contributed by atoms with Crippen molar-refractivity contribution in [2.75, 3.05) is 0 Å². The second kappa shape index (κ2) is 9.07. The summed E-state index contributed by atoms with van der Waals surface area (Å²) in [5.41, 5.74) is 0. The van der Waals surface area contributed by atoms with Crippen molar-refractivity contribution >= 4 is 35.3 Å². The normalized spacial score (nSPS) is 15.3. The molecule has 12 heavy (non-hydrogen) atoms. The van der Waals surface area contributed by atoms with E-state index in [9.17, 15) is 0 Å². The van der Waals surface area contributed by atoms with Gasteiger partial charge in [0.2, 0.25) is 0 Å². The Balaban J connectivity index is 3.18. The zero-order valence-electron chi connectivity index (χ0n) is 8.78. The van der Waals surface area contributed by atoms with Gasteiger partial charge in [-0.2, -0.15) is 0 Å². The predicted octanol–water partition coefficient (Wildman–Crippen LogP) is 4.31. The highest BCUT2D eigenvalue weighted by Gasteiger charge is 2.04. The number of halogens is 1. The van der Waals surface area contributed by atoms with E-state index in [0.717, 1.165) is 11.8 Å². The lowest BCUT2D eigenvalue weighted by Gasteiger charge is -2.11. The third kappa shape index (κ3) is 8.11. The quantitative estimate of drug-likeness (QED) is 0.484. The molecule has 0 N–H and O–H groups in total. The van der Waals surface area contributed by atoms with Crippen molar-refractivity contribution in [1.29, 1.82) is 0 Å². The number of rotatable bonds is 7. The molecule has 0 aromatic rings. The first-order valence-corrected chi connectivity index (χ1v) is 11.4. The van der Waals surface area contributed by atoms with Gasteiger partial charge in [0, 0.05) is 0 Å². The van der Waals surface area contributed by atoms with E-state index in [2.05, 4.69) is 39.6 Å². The molecular weight excluding hydrogens is 271 g/mol. The molecule has 0 aliphatic rings. The van der Waals surface area contributed by atoms with E-state index in [4.69, 9.17) is 0 Å². The Morgan fingerprint density at radius 3 is 2.25 bits per heavy atom. The molecule has 0 radical (unpaired) electrons. The summed E-state index contributed by atoms with van der Waals surface area (Å²) in [6.45, 7) is 7.09. The van der Waals surface area contributed by atoms with Crippen molar-refractivity contribution in [3.8, 4) is 0 Å². The van der Waals surface area contributed by atoms with E-state index >= 15 is 0 Å². The van der Waals surface area contributed by atoms with Crippen LogP contribution in [0.1, 0.15) is 46.5 Å². The van der Waals surface area contributed by atoms with Crippen LogP contribution in [0.15, 0.2) is 0 Å². The maximum atomic E-state index is 2.61. The summed E-state index contributed by atoms with van der Waals surface area (Å²) in [7, 11) is 0. The largest absolute Gasteiger partial charge is 0.464 e. The van der Waals surface area contributed by atoms with Crippen molar-refractivity contribution in [3.05, 3.63) is 0 Å². The molecular formula is C10H21IMg. The van der Waals surface area contributed by atoms with Crippen LogP contribution in [0.2, 0.25) is 4.55 Å². The Bertz CT molecular complexity index is 95.8. The van der Waals surface area contributed by atoms with Gasteiger partial charge in [0.1, 0.15) is 0 Å². The second-order valence-corrected chi connectivity index (χ2v) is 8.22. The summed E-state index contributed by atoms with van der Waals surface area (Å²) in [5, 5.41) is 0. The van der Waals surface area contributed by atoms with E-state index in [1.165, 1.54) is 25.7 Å². The Kier molecular flexibility index (Phi) is 10.2. The Hall–Kier alpha value is 1.50. The molecule has 0 amide bonds.